The summed E-state index contributed by atoms with van der Waals surface area (Å²) in [5, 5.41) is 2.78. The normalized spacial score (nSPS) is 24.2. The maximum Gasteiger partial charge on any atom is 0.435 e. The average molecular weight is 459 g/mol. The lowest BCUT2D eigenvalue weighted by Gasteiger charge is -2.28. The van der Waals surface area contributed by atoms with Gasteiger partial charge in [0.05, 0.1) is 11.3 Å². The number of nitrogens with zero attached hydrogens (tertiary/aromatic N) is 2. The topological polar surface area (TPSA) is 55.6 Å². The first-order valence-corrected chi connectivity index (χ1v) is 10.8. The summed E-state index contributed by atoms with van der Waals surface area (Å²) in [6.07, 6.45) is -1.85. The van der Waals surface area contributed by atoms with E-state index in [0.29, 0.717) is 13.2 Å². The number of halogens is 5. The third kappa shape index (κ3) is 4.89. The van der Waals surface area contributed by atoms with Crippen LogP contribution in [0, 0.1) is 5.92 Å². The molecule has 32 heavy (non-hydrogen) atoms. The summed E-state index contributed by atoms with van der Waals surface area (Å²) < 4.78 is 74.8. The minimum Gasteiger partial charge on any atom is -0.373 e. The zero-order valence-corrected chi connectivity index (χ0v) is 17.8. The maximum absolute atomic E-state index is 13.7. The van der Waals surface area contributed by atoms with Crippen LogP contribution in [0.3, 0.4) is 0 Å². The molecule has 1 saturated carbocycles. The van der Waals surface area contributed by atoms with E-state index in [1.807, 2.05) is 6.92 Å². The minimum atomic E-state index is -4.68. The molecule has 2 fully saturated rings. The molecule has 0 radical (unpaired) electrons. The number of hydrogen-bond donors (Lipinski definition) is 1. The van der Waals surface area contributed by atoms with E-state index in [0.717, 1.165) is 12.8 Å². The molecule has 2 aromatic rings. The number of ether oxygens (including phenoxy) is 1. The number of imidazole rings is 1. The van der Waals surface area contributed by atoms with Crippen molar-refractivity contribution in [3.63, 3.8) is 0 Å². The van der Waals surface area contributed by atoms with Gasteiger partial charge in [0.15, 0.2) is 5.69 Å². The molecule has 1 aliphatic heterocycles. The number of fused-ring (bicyclic) bond motifs is 1. The second kappa shape index (κ2) is 8.28. The van der Waals surface area contributed by atoms with Crippen molar-refractivity contribution >= 4 is 11.6 Å². The summed E-state index contributed by atoms with van der Waals surface area (Å²) in [7, 11) is 0. The van der Waals surface area contributed by atoms with Gasteiger partial charge < -0.3 is 14.5 Å². The molecular weight excluding hydrogens is 433 g/mol. The van der Waals surface area contributed by atoms with Crippen molar-refractivity contribution in [3.8, 4) is 0 Å². The van der Waals surface area contributed by atoms with Gasteiger partial charge in [-0.2, -0.15) is 13.2 Å². The van der Waals surface area contributed by atoms with Gasteiger partial charge in [-0.25, -0.2) is 13.8 Å². The Balaban J connectivity index is 1.56. The molecule has 2 aliphatic rings. The lowest BCUT2D eigenvalue weighted by Crippen LogP contribution is -2.40. The summed E-state index contributed by atoms with van der Waals surface area (Å²) in [4.78, 5) is 16.3. The fourth-order valence-electron chi connectivity index (χ4n) is 4.58. The fraction of sp³-hybridized carbons (Fsp3) is 0.636. The summed E-state index contributed by atoms with van der Waals surface area (Å²) in [6.45, 7) is 2.84. The number of alkyl halides is 5. The van der Waals surface area contributed by atoms with Crippen LogP contribution in [0.1, 0.15) is 67.2 Å². The summed E-state index contributed by atoms with van der Waals surface area (Å²) in [5.74, 6) is -3.44. The van der Waals surface area contributed by atoms with Gasteiger partial charge in [0.1, 0.15) is 5.65 Å². The van der Waals surface area contributed by atoms with E-state index in [4.69, 9.17) is 4.74 Å². The molecule has 0 bridgehead atoms. The van der Waals surface area contributed by atoms with Crippen LogP contribution in [-0.4, -0.2) is 40.0 Å². The van der Waals surface area contributed by atoms with E-state index >= 15 is 0 Å². The zero-order chi connectivity index (χ0) is 23.1. The van der Waals surface area contributed by atoms with E-state index < -0.39 is 29.3 Å². The summed E-state index contributed by atoms with van der Waals surface area (Å²) in [5.41, 5.74) is -1.33. The van der Waals surface area contributed by atoms with Gasteiger partial charge in [0.2, 0.25) is 5.92 Å². The average Bonchev–Trinajstić information content (AvgIpc) is 3.31. The van der Waals surface area contributed by atoms with Crippen LogP contribution in [-0.2, 0) is 17.3 Å². The molecule has 0 spiro atoms. The highest BCUT2D eigenvalue weighted by Crippen LogP contribution is 2.39. The number of carbonyl (C=O) groups is 1. The van der Waals surface area contributed by atoms with Crippen LogP contribution in [0.2, 0.25) is 0 Å². The number of amides is 1. The zero-order valence-electron chi connectivity index (χ0n) is 17.8. The Morgan fingerprint density at radius 1 is 1.28 bits per heavy atom. The van der Waals surface area contributed by atoms with E-state index in [2.05, 4.69) is 10.3 Å². The Morgan fingerprint density at radius 2 is 2.00 bits per heavy atom. The first-order valence-electron chi connectivity index (χ1n) is 10.8. The third-order valence-electron chi connectivity index (χ3n) is 6.50. The smallest absolute Gasteiger partial charge is 0.373 e. The van der Waals surface area contributed by atoms with Gasteiger partial charge in [0, 0.05) is 37.8 Å². The Morgan fingerprint density at radius 3 is 2.62 bits per heavy atom. The lowest BCUT2D eigenvalue weighted by molar-refractivity contribution is -0.141. The number of rotatable bonds is 5. The van der Waals surface area contributed by atoms with E-state index in [9.17, 15) is 26.7 Å². The van der Waals surface area contributed by atoms with E-state index in [1.165, 1.54) is 22.7 Å². The van der Waals surface area contributed by atoms with Crippen LogP contribution < -0.4 is 5.32 Å². The predicted octanol–water partition coefficient (Wildman–Crippen LogP) is 5.02. The summed E-state index contributed by atoms with van der Waals surface area (Å²) >= 11 is 0. The molecular formula is C22H26F5N3O2. The molecule has 1 aliphatic carbocycles. The predicted molar refractivity (Wildman–Crippen MR) is 107 cm³/mol. The number of pyridine rings is 1. The molecule has 2 aromatic heterocycles. The molecule has 1 unspecified atom stereocenters. The van der Waals surface area contributed by atoms with E-state index in [1.54, 1.807) is 0 Å². The largest absolute Gasteiger partial charge is 0.435 e. The first-order chi connectivity index (χ1) is 15.0. The van der Waals surface area contributed by atoms with Gasteiger partial charge in [-0.1, -0.05) is 0 Å². The van der Waals surface area contributed by atoms with Crippen LogP contribution in [0.4, 0.5) is 22.0 Å². The van der Waals surface area contributed by atoms with Crippen molar-refractivity contribution in [1.82, 2.24) is 14.7 Å². The fourth-order valence-corrected chi connectivity index (χ4v) is 4.58. The monoisotopic (exact) mass is 459 g/mol. The van der Waals surface area contributed by atoms with Crippen molar-refractivity contribution in [1.29, 1.82) is 0 Å². The van der Waals surface area contributed by atoms with Gasteiger partial charge in [-0.05, 0) is 57.1 Å². The minimum absolute atomic E-state index is 0.00411. The second-order valence-electron chi connectivity index (χ2n) is 9.14. The number of carbonyl (C=O) groups excluding carboxylic acids is 1. The van der Waals surface area contributed by atoms with E-state index in [-0.39, 0.29) is 54.9 Å². The Labute approximate surface area is 182 Å². The SMILES string of the molecule is CC1(CNC(=O)c2ccn3c(CC4CCC(F)(F)CC4)c(C(F)(F)F)nc3c2)CCCO1. The Hall–Kier alpha value is -2.23. The molecule has 5 nitrogen and oxygen atoms in total. The van der Waals surface area contributed by atoms with Crippen molar-refractivity contribution < 1.29 is 31.5 Å². The van der Waals surface area contributed by atoms with Crippen LogP contribution in [0.25, 0.3) is 5.65 Å². The molecule has 3 heterocycles. The highest BCUT2D eigenvalue weighted by molar-refractivity contribution is 5.95. The number of nitrogens with one attached hydrogen (secondary N) is 1. The second-order valence-corrected chi connectivity index (χ2v) is 9.14. The van der Waals surface area contributed by atoms with Crippen molar-refractivity contribution in [2.45, 2.75) is 69.6 Å². The molecule has 4 rings (SSSR count). The van der Waals surface area contributed by atoms with Crippen molar-refractivity contribution in [2.24, 2.45) is 5.92 Å². The molecule has 10 heteroatoms. The number of aromatic nitrogens is 2. The molecule has 176 valence electrons. The highest BCUT2D eigenvalue weighted by atomic mass is 19.4. The quantitative estimate of drug-likeness (QED) is 0.639. The molecule has 1 amide bonds. The van der Waals surface area contributed by atoms with Crippen molar-refractivity contribution in [2.75, 3.05) is 13.2 Å². The third-order valence-corrected chi connectivity index (χ3v) is 6.50. The molecule has 0 aromatic carbocycles. The van der Waals surface area contributed by atoms with Crippen molar-refractivity contribution in [3.05, 3.63) is 35.3 Å². The van der Waals surface area contributed by atoms with Gasteiger partial charge in [-0.3, -0.25) is 4.79 Å². The van der Waals surface area contributed by atoms with Crippen LogP contribution in [0.5, 0.6) is 0 Å². The summed E-state index contributed by atoms with van der Waals surface area (Å²) in [6, 6.07) is 2.77. The molecule has 1 atom stereocenters. The molecule has 1 saturated heterocycles. The van der Waals surface area contributed by atoms with Gasteiger partial charge >= 0.3 is 6.18 Å². The Kier molecular flexibility index (Phi) is 5.94. The van der Waals surface area contributed by atoms with Crippen LogP contribution >= 0.6 is 0 Å². The molecule has 1 N–H and O–H groups in total. The lowest BCUT2D eigenvalue weighted by atomic mass is 9.83. The van der Waals surface area contributed by atoms with Gasteiger partial charge in [0.25, 0.3) is 5.91 Å². The maximum atomic E-state index is 13.7. The Bertz CT molecular complexity index is 985. The van der Waals surface area contributed by atoms with Crippen LogP contribution in [0.15, 0.2) is 18.3 Å². The first kappa shape index (κ1) is 22.9. The standard InChI is InChI=1S/C22H26F5N3O2/c1-20(6-2-10-32-20)13-28-19(31)15-5-9-30-16(11-14-3-7-21(23,24)8-4-14)18(22(25,26)27)29-17(30)12-15/h5,9,12,14H,2-4,6-8,10-11,13H2,1H3,(H,28,31). The number of hydrogen-bond acceptors (Lipinski definition) is 3. The van der Waals surface area contributed by atoms with Gasteiger partial charge in [-0.15, -0.1) is 0 Å². The highest BCUT2D eigenvalue weighted by Gasteiger charge is 2.40.